The molecule has 0 aliphatic rings. The van der Waals surface area contributed by atoms with Gasteiger partial charge in [-0.1, -0.05) is 29.8 Å². The number of hydrogen-bond acceptors (Lipinski definition) is 3. The van der Waals surface area contributed by atoms with Crippen LogP contribution in [0.15, 0.2) is 60.9 Å². The number of hydrogen-bond donors (Lipinski definition) is 2. The van der Waals surface area contributed by atoms with Crippen LogP contribution in [-0.4, -0.2) is 10.9 Å². The van der Waals surface area contributed by atoms with Crippen molar-refractivity contribution in [1.29, 1.82) is 0 Å². The summed E-state index contributed by atoms with van der Waals surface area (Å²) in [4.78, 5) is 16.7. The molecule has 0 atom stereocenters. The first-order valence-corrected chi connectivity index (χ1v) is 8.18. The van der Waals surface area contributed by atoms with Gasteiger partial charge in [0.05, 0.1) is 17.4 Å². The van der Waals surface area contributed by atoms with Gasteiger partial charge >= 0.3 is 0 Å². The molecule has 0 bridgehead atoms. The molecule has 3 rings (SSSR count). The molecular weight excluding hydrogens is 310 g/mol. The summed E-state index contributed by atoms with van der Waals surface area (Å²) in [6.07, 6.45) is 3.27. The lowest BCUT2D eigenvalue weighted by atomic mass is 10.1. The van der Waals surface area contributed by atoms with Crippen molar-refractivity contribution < 1.29 is 4.79 Å². The summed E-state index contributed by atoms with van der Waals surface area (Å²) >= 11 is 0. The highest BCUT2D eigenvalue weighted by Gasteiger charge is 2.09. The molecule has 2 N–H and O–H groups in total. The number of anilines is 3. The minimum atomic E-state index is -0.172. The largest absolute Gasteiger partial charge is 0.354 e. The van der Waals surface area contributed by atoms with Crippen molar-refractivity contribution in [1.82, 2.24) is 4.98 Å². The molecule has 4 nitrogen and oxygen atoms in total. The molecule has 0 saturated carbocycles. The van der Waals surface area contributed by atoms with Crippen LogP contribution in [0, 0.1) is 20.8 Å². The molecule has 0 aliphatic heterocycles. The van der Waals surface area contributed by atoms with Crippen LogP contribution in [0.5, 0.6) is 0 Å². The zero-order chi connectivity index (χ0) is 17.8. The molecule has 0 fully saturated rings. The van der Waals surface area contributed by atoms with E-state index >= 15 is 0 Å². The number of benzene rings is 2. The van der Waals surface area contributed by atoms with E-state index in [4.69, 9.17) is 0 Å². The number of pyridine rings is 1. The highest BCUT2D eigenvalue weighted by molar-refractivity contribution is 6.05. The van der Waals surface area contributed by atoms with Gasteiger partial charge in [-0.3, -0.25) is 9.78 Å². The topological polar surface area (TPSA) is 54.0 Å². The smallest absolute Gasteiger partial charge is 0.257 e. The molecule has 1 heterocycles. The summed E-state index contributed by atoms with van der Waals surface area (Å²) in [5.74, 6) is -0.172. The minimum absolute atomic E-state index is 0.172. The fourth-order valence-corrected chi connectivity index (χ4v) is 2.50. The van der Waals surface area contributed by atoms with E-state index < -0.39 is 0 Å². The van der Waals surface area contributed by atoms with Crippen LogP contribution >= 0.6 is 0 Å². The Hall–Kier alpha value is -3.14. The fraction of sp³-hybridized carbons (Fsp3) is 0.143. The lowest BCUT2D eigenvalue weighted by Crippen LogP contribution is -2.13. The van der Waals surface area contributed by atoms with Gasteiger partial charge in [0, 0.05) is 17.6 Å². The second-order valence-electron chi connectivity index (χ2n) is 6.23. The van der Waals surface area contributed by atoms with Crippen molar-refractivity contribution in [3.05, 3.63) is 83.2 Å². The van der Waals surface area contributed by atoms with Gasteiger partial charge in [0.2, 0.25) is 0 Å². The molecule has 0 spiro atoms. The molecule has 0 saturated heterocycles. The van der Waals surface area contributed by atoms with Gasteiger partial charge in [0.25, 0.3) is 5.91 Å². The maximum absolute atomic E-state index is 12.5. The zero-order valence-corrected chi connectivity index (χ0v) is 14.6. The molecule has 1 amide bonds. The van der Waals surface area contributed by atoms with Gasteiger partial charge in [-0.25, -0.2) is 0 Å². The standard InChI is InChI=1S/C21H21N3O/c1-14-5-8-18(9-6-14)23-19-11-17(12-22-13-19)21(25)24-20-10-15(2)4-7-16(20)3/h4-13,23H,1-3H3,(H,24,25). The third kappa shape index (κ3) is 4.23. The van der Waals surface area contributed by atoms with Crippen LogP contribution in [0.2, 0.25) is 0 Å². The van der Waals surface area contributed by atoms with Crippen molar-refractivity contribution in [2.75, 3.05) is 10.6 Å². The van der Waals surface area contributed by atoms with Gasteiger partial charge in [-0.05, 0) is 56.2 Å². The number of amides is 1. The Morgan fingerprint density at radius 1 is 0.840 bits per heavy atom. The molecule has 4 heteroatoms. The Kier molecular flexibility index (Phi) is 4.80. The molecule has 0 unspecified atom stereocenters. The summed E-state index contributed by atoms with van der Waals surface area (Å²) in [6, 6.07) is 15.9. The average molecular weight is 331 g/mol. The van der Waals surface area contributed by atoms with Gasteiger partial charge in [0.1, 0.15) is 0 Å². The van der Waals surface area contributed by atoms with E-state index in [1.54, 1.807) is 18.5 Å². The van der Waals surface area contributed by atoms with Crippen LogP contribution in [-0.2, 0) is 0 Å². The maximum atomic E-state index is 12.5. The van der Waals surface area contributed by atoms with E-state index in [-0.39, 0.29) is 5.91 Å². The monoisotopic (exact) mass is 331 g/mol. The Bertz CT molecular complexity index is 901. The summed E-state index contributed by atoms with van der Waals surface area (Å²) in [7, 11) is 0. The van der Waals surface area contributed by atoms with E-state index in [1.165, 1.54) is 5.56 Å². The van der Waals surface area contributed by atoms with Crippen molar-refractivity contribution in [3.63, 3.8) is 0 Å². The quantitative estimate of drug-likeness (QED) is 0.707. The number of carbonyl (C=O) groups excluding carboxylic acids is 1. The van der Waals surface area contributed by atoms with E-state index in [2.05, 4.69) is 15.6 Å². The van der Waals surface area contributed by atoms with Crippen LogP contribution in [0.25, 0.3) is 0 Å². The lowest BCUT2D eigenvalue weighted by Gasteiger charge is -2.11. The maximum Gasteiger partial charge on any atom is 0.257 e. The Morgan fingerprint density at radius 3 is 2.32 bits per heavy atom. The Balaban J connectivity index is 1.77. The van der Waals surface area contributed by atoms with Crippen molar-refractivity contribution >= 4 is 23.0 Å². The number of nitrogens with zero attached hydrogens (tertiary/aromatic N) is 1. The van der Waals surface area contributed by atoms with E-state index in [1.807, 2.05) is 63.2 Å². The zero-order valence-electron chi connectivity index (χ0n) is 14.6. The number of rotatable bonds is 4. The van der Waals surface area contributed by atoms with Crippen LogP contribution in [0.3, 0.4) is 0 Å². The first-order valence-electron chi connectivity index (χ1n) is 8.18. The van der Waals surface area contributed by atoms with E-state index in [9.17, 15) is 4.79 Å². The molecule has 2 aromatic carbocycles. The van der Waals surface area contributed by atoms with Gasteiger partial charge < -0.3 is 10.6 Å². The second-order valence-corrected chi connectivity index (χ2v) is 6.23. The molecule has 126 valence electrons. The molecule has 25 heavy (non-hydrogen) atoms. The molecule has 1 aromatic heterocycles. The Morgan fingerprint density at radius 2 is 1.56 bits per heavy atom. The van der Waals surface area contributed by atoms with Gasteiger partial charge in [-0.15, -0.1) is 0 Å². The van der Waals surface area contributed by atoms with E-state index in [0.717, 1.165) is 28.2 Å². The first kappa shape index (κ1) is 16.7. The normalized spacial score (nSPS) is 10.4. The average Bonchev–Trinajstić information content (AvgIpc) is 2.60. The number of nitrogens with one attached hydrogen (secondary N) is 2. The highest BCUT2D eigenvalue weighted by atomic mass is 16.1. The molecule has 0 aliphatic carbocycles. The van der Waals surface area contributed by atoms with Crippen molar-refractivity contribution in [2.45, 2.75) is 20.8 Å². The van der Waals surface area contributed by atoms with E-state index in [0.29, 0.717) is 5.56 Å². The fourth-order valence-electron chi connectivity index (χ4n) is 2.50. The predicted molar refractivity (Wildman–Crippen MR) is 103 cm³/mol. The first-order chi connectivity index (χ1) is 12.0. The summed E-state index contributed by atoms with van der Waals surface area (Å²) in [5.41, 5.74) is 6.40. The van der Waals surface area contributed by atoms with Gasteiger partial charge in [-0.2, -0.15) is 0 Å². The van der Waals surface area contributed by atoms with Crippen molar-refractivity contribution in [3.8, 4) is 0 Å². The molecule has 0 radical (unpaired) electrons. The predicted octanol–water partition coefficient (Wildman–Crippen LogP) is 5.00. The molecular formula is C21H21N3O. The summed E-state index contributed by atoms with van der Waals surface area (Å²) in [5, 5.41) is 6.23. The summed E-state index contributed by atoms with van der Waals surface area (Å²) < 4.78 is 0. The van der Waals surface area contributed by atoms with Crippen molar-refractivity contribution in [2.24, 2.45) is 0 Å². The number of aromatic nitrogens is 1. The van der Waals surface area contributed by atoms with Crippen LogP contribution in [0.1, 0.15) is 27.0 Å². The Labute approximate surface area is 147 Å². The van der Waals surface area contributed by atoms with Gasteiger partial charge in [0.15, 0.2) is 0 Å². The number of carbonyl (C=O) groups is 1. The lowest BCUT2D eigenvalue weighted by molar-refractivity contribution is 0.102. The molecule has 3 aromatic rings. The third-order valence-corrected chi connectivity index (χ3v) is 3.98. The highest BCUT2D eigenvalue weighted by Crippen LogP contribution is 2.20. The number of aryl methyl sites for hydroxylation is 3. The van der Waals surface area contributed by atoms with Crippen LogP contribution < -0.4 is 10.6 Å². The van der Waals surface area contributed by atoms with Crippen LogP contribution in [0.4, 0.5) is 17.1 Å². The third-order valence-electron chi connectivity index (χ3n) is 3.98. The minimum Gasteiger partial charge on any atom is -0.354 e. The summed E-state index contributed by atoms with van der Waals surface area (Å²) in [6.45, 7) is 6.02. The second kappa shape index (κ2) is 7.18. The SMILES string of the molecule is Cc1ccc(Nc2cncc(C(=O)Nc3cc(C)ccc3C)c2)cc1.